The summed E-state index contributed by atoms with van der Waals surface area (Å²) in [7, 11) is 0. The highest BCUT2D eigenvalue weighted by Gasteiger charge is 2.07. The number of nitrogens with one attached hydrogen (secondary N) is 1. The smallest absolute Gasteiger partial charge is 0.160 e. The minimum Gasteiger partial charge on any atom is -0.312 e. The summed E-state index contributed by atoms with van der Waals surface area (Å²) in [6.07, 6.45) is 3.59. The Morgan fingerprint density at radius 3 is 2.55 bits per heavy atom. The second kappa shape index (κ2) is 6.90. The molecule has 0 radical (unpaired) electrons. The van der Waals surface area contributed by atoms with Crippen molar-refractivity contribution < 1.29 is 4.39 Å². The van der Waals surface area contributed by atoms with Gasteiger partial charge in [-0.05, 0) is 46.6 Å². The first kappa shape index (κ1) is 15.1. The fraction of sp³-hybridized carbons (Fsp3) is 0.333. The van der Waals surface area contributed by atoms with E-state index in [4.69, 9.17) is 0 Å². The maximum atomic E-state index is 13.1. The molecular weight excluding hydrogens is 321 g/mol. The molecule has 3 nitrogen and oxygen atoms in total. The normalized spacial score (nSPS) is 11.1. The maximum absolute atomic E-state index is 13.1. The van der Waals surface area contributed by atoms with Gasteiger partial charge >= 0.3 is 0 Å². The molecule has 5 heteroatoms. The topological polar surface area (TPSA) is 37.8 Å². The fourth-order valence-electron chi connectivity index (χ4n) is 1.76. The van der Waals surface area contributed by atoms with Crippen molar-refractivity contribution in [3.05, 3.63) is 46.4 Å². The molecule has 1 N–H and O–H groups in total. The van der Waals surface area contributed by atoms with Crippen LogP contribution in [0.5, 0.6) is 0 Å². The SMILES string of the molecule is CC(C)CNCc1cnc(-c2ccc(F)cc2Br)nc1. The van der Waals surface area contributed by atoms with Crippen molar-refractivity contribution in [2.75, 3.05) is 6.54 Å². The Morgan fingerprint density at radius 2 is 1.95 bits per heavy atom. The van der Waals surface area contributed by atoms with Crippen LogP contribution in [0.25, 0.3) is 11.4 Å². The van der Waals surface area contributed by atoms with E-state index in [9.17, 15) is 4.39 Å². The Morgan fingerprint density at radius 1 is 1.25 bits per heavy atom. The number of nitrogens with zero attached hydrogens (tertiary/aromatic N) is 2. The first-order valence-corrected chi connectivity index (χ1v) is 7.32. The Balaban J connectivity index is 2.07. The maximum Gasteiger partial charge on any atom is 0.160 e. The lowest BCUT2D eigenvalue weighted by Gasteiger charge is -2.08. The highest BCUT2D eigenvalue weighted by molar-refractivity contribution is 9.10. The van der Waals surface area contributed by atoms with Gasteiger partial charge in [0, 0.05) is 34.5 Å². The molecule has 1 heterocycles. The van der Waals surface area contributed by atoms with Gasteiger partial charge < -0.3 is 5.32 Å². The zero-order valence-electron chi connectivity index (χ0n) is 11.5. The Labute approximate surface area is 126 Å². The molecule has 0 atom stereocenters. The third-order valence-electron chi connectivity index (χ3n) is 2.76. The van der Waals surface area contributed by atoms with Crippen molar-refractivity contribution in [3.63, 3.8) is 0 Å². The lowest BCUT2D eigenvalue weighted by atomic mass is 10.2. The van der Waals surface area contributed by atoms with Crippen LogP contribution in [0.15, 0.2) is 35.1 Å². The lowest BCUT2D eigenvalue weighted by Crippen LogP contribution is -2.19. The van der Waals surface area contributed by atoms with Gasteiger partial charge in [-0.2, -0.15) is 0 Å². The van der Waals surface area contributed by atoms with Crippen molar-refractivity contribution in [2.24, 2.45) is 5.92 Å². The van der Waals surface area contributed by atoms with Crippen LogP contribution in [0.3, 0.4) is 0 Å². The molecule has 0 fully saturated rings. The van der Waals surface area contributed by atoms with Crippen LogP contribution >= 0.6 is 15.9 Å². The summed E-state index contributed by atoms with van der Waals surface area (Å²) in [6.45, 7) is 6.05. The number of hydrogen-bond donors (Lipinski definition) is 1. The van der Waals surface area contributed by atoms with Crippen molar-refractivity contribution in [1.82, 2.24) is 15.3 Å². The second-order valence-electron chi connectivity index (χ2n) is 5.06. The van der Waals surface area contributed by atoms with Gasteiger partial charge in [0.1, 0.15) is 5.82 Å². The van der Waals surface area contributed by atoms with E-state index in [1.165, 1.54) is 12.1 Å². The van der Waals surface area contributed by atoms with E-state index in [0.717, 1.165) is 24.2 Å². The average molecular weight is 338 g/mol. The van der Waals surface area contributed by atoms with Crippen molar-refractivity contribution >= 4 is 15.9 Å². The molecule has 0 saturated carbocycles. The number of halogens is 2. The van der Waals surface area contributed by atoms with Gasteiger partial charge in [-0.25, -0.2) is 14.4 Å². The molecule has 106 valence electrons. The number of hydrogen-bond acceptors (Lipinski definition) is 3. The molecule has 0 aliphatic rings. The van der Waals surface area contributed by atoms with Crippen LogP contribution in [-0.4, -0.2) is 16.5 Å². The molecule has 2 rings (SSSR count). The summed E-state index contributed by atoms with van der Waals surface area (Å²) in [5, 5.41) is 3.34. The minimum atomic E-state index is -0.282. The second-order valence-corrected chi connectivity index (χ2v) is 5.92. The van der Waals surface area contributed by atoms with Gasteiger partial charge in [-0.1, -0.05) is 13.8 Å². The summed E-state index contributed by atoms with van der Waals surface area (Å²) >= 11 is 3.33. The van der Waals surface area contributed by atoms with Gasteiger partial charge in [0.05, 0.1) is 0 Å². The third kappa shape index (κ3) is 4.08. The van der Waals surface area contributed by atoms with Gasteiger partial charge in [0.15, 0.2) is 5.82 Å². The molecule has 1 aromatic heterocycles. The lowest BCUT2D eigenvalue weighted by molar-refractivity contribution is 0.551. The first-order valence-electron chi connectivity index (χ1n) is 6.53. The highest BCUT2D eigenvalue weighted by Crippen LogP contribution is 2.25. The number of benzene rings is 1. The summed E-state index contributed by atoms with van der Waals surface area (Å²) < 4.78 is 13.7. The highest BCUT2D eigenvalue weighted by atomic mass is 79.9. The molecule has 20 heavy (non-hydrogen) atoms. The third-order valence-corrected chi connectivity index (χ3v) is 3.42. The van der Waals surface area contributed by atoms with Crippen molar-refractivity contribution in [2.45, 2.75) is 20.4 Å². The molecule has 0 spiro atoms. The average Bonchev–Trinajstić information content (AvgIpc) is 2.39. The summed E-state index contributed by atoms with van der Waals surface area (Å²) in [5.74, 6) is 0.921. The predicted molar refractivity (Wildman–Crippen MR) is 81.7 cm³/mol. The van der Waals surface area contributed by atoms with Crippen LogP contribution < -0.4 is 5.32 Å². The molecule has 0 aliphatic carbocycles. The van der Waals surface area contributed by atoms with Crippen LogP contribution in [0.1, 0.15) is 19.4 Å². The monoisotopic (exact) mass is 337 g/mol. The van der Waals surface area contributed by atoms with E-state index in [1.807, 2.05) is 0 Å². The molecule has 2 aromatic rings. The van der Waals surface area contributed by atoms with Crippen LogP contribution in [0.2, 0.25) is 0 Å². The van der Waals surface area contributed by atoms with Crippen LogP contribution in [0, 0.1) is 11.7 Å². The molecule has 0 amide bonds. The summed E-state index contributed by atoms with van der Waals surface area (Å²) in [5.41, 5.74) is 1.82. The molecule has 0 saturated heterocycles. The van der Waals surface area contributed by atoms with Gasteiger partial charge in [-0.15, -0.1) is 0 Å². The molecule has 0 aliphatic heterocycles. The molecule has 0 unspecified atom stereocenters. The zero-order valence-corrected chi connectivity index (χ0v) is 13.1. The quantitative estimate of drug-likeness (QED) is 0.901. The van der Waals surface area contributed by atoms with Crippen molar-refractivity contribution in [3.8, 4) is 11.4 Å². The van der Waals surface area contributed by atoms with E-state index in [0.29, 0.717) is 16.2 Å². The molecular formula is C15H17BrFN3. The zero-order chi connectivity index (χ0) is 14.5. The van der Waals surface area contributed by atoms with E-state index < -0.39 is 0 Å². The first-order chi connectivity index (χ1) is 9.56. The molecule has 1 aromatic carbocycles. The van der Waals surface area contributed by atoms with E-state index in [-0.39, 0.29) is 5.82 Å². The van der Waals surface area contributed by atoms with Gasteiger partial charge in [-0.3, -0.25) is 0 Å². The van der Waals surface area contributed by atoms with E-state index in [1.54, 1.807) is 18.5 Å². The summed E-state index contributed by atoms with van der Waals surface area (Å²) in [6, 6.07) is 4.49. The van der Waals surface area contributed by atoms with E-state index in [2.05, 4.69) is 45.1 Å². The predicted octanol–water partition coefficient (Wildman–Crippen LogP) is 3.79. The van der Waals surface area contributed by atoms with E-state index >= 15 is 0 Å². The van der Waals surface area contributed by atoms with Crippen molar-refractivity contribution in [1.29, 1.82) is 0 Å². The number of aromatic nitrogens is 2. The standard InChI is InChI=1S/C15H17BrFN3/c1-10(2)6-18-7-11-8-19-15(20-9-11)13-4-3-12(17)5-14(13)16/h3-5,8-10,18H,6-7H2,1-2H3. The fourth-order valence-corrected chi connectivity index (χ4v) is 2.29. The van der Waals surface area contributed by atoms with Gasteiger partial charge in [0.2, 0.25) is 0 Å². The van der Waals surface area contributed by atoms with Gasteiger partial charge in [0.25, 0.3) is 0 Å². The van der Waals surface area contributed by atoms with Crippen LogP contribution in [-0.2, 0) is 6.54 Å². The minimum absolute atomic E-state index is 0.282. The number of rotatable bonds is 5. The Kier molecular flexibility index (Phi) is 5.20. The summed E-state index contributed by atoms with van der Waals surface area (Å²) in [4.78, 5) is 8.67. The Bertz CT molecular complexity index is 570. The Hall–Kier alpha value is -1.33. The van der Waals surface area contributed by atoms with Crippen LogP contribution in [0.4, 0.5) is 4.39 Å². The largest absolute Gasteiger partial charge is 0.312 e. The molecule has 0 bridgehead atoms.